The van der Waals surface area contributed by atoms with Gasteiger partial charge in [-0.3, -0.25) is 0 Å². The Morgan fingerprint density at radius 1 is 0.913 bits per heavy atom. The summed E-state index contributed by atoms with van der Waals surface area (Å²) >= 11 is 5.08. The zero-order chi connectivity index (χ0) is 16.5. The van der Waals surface area contributed by atoms with Gasteiger partial charge in [0.1, 0.15) is 5.60 Å². The van der Waals surface area contributed by atoms with Crippen molar-refractivity contribution in [2.75, 3.05) is 0 Å². The zero-order valence-corrected chi connectivity index (χ0v) is 15.5. The van der Waals surface area contributed by atoms with Crippen LogP contribution in [0.4, 0.5) is 0 Å². The Morgan fingerprint density at radius 2 is 1.65 bits per heavy atom. The van der Waals surface area contributed by atoms with Gasteiger partial charge in [0.25, 0.3) is 0 Å². The Labute approximate surface area is 146 Å². The van der Waals surface area contributed by atoms with Gasteiger partial charge in [-0.25, -0.2) is 0 Å². The lowest BCUT2D eigenvalue weighted by Crippen LogP contribution is -2.58. The number of hydrogen-bond donors (Lipinski definition) is 2. The highest BCUT2D eigenvalue weighted by Crippen LogP contribution is 2.68. The van der Waals surface area contributed by atoms with Crippen molar-refractivity contribution < 1.29 is 10.2 Å². The number of aliphatic hydroxyl groups excluding tert-OH is 1. The Balaban J connectivity index is 1.67. The monoisotopic (exact) mass is 336 g/mol. The molecule has 4 saturated carbocycles. The lowest BCUT2D eigenvalue weighted by Gasteiger charge is -2.61. The summed E-state index contributed by atoms with van der Waals surface area (Å²) in [5.74, 6) is 3.03. The van der Waals surface area contributed by atoms with Crippen LogP contribution in [0.25, 0.3) is 0 Å². The van der Waals surface area contributed by atoms with Gasteiger partial charge in [-0.2, -0.15) is 0 Å². The summed E-state index contributed by atoms with van der Waals surface area (Å²) in [5.41, 5.74) is -0.803. The number of thiocarbonyl (C=S) groups is 1. The fourth-order valence-corrected chi connectivity index (χ4v) is 8.00. The molecule has 0 aromatic carbocycles. The van der Waals surface area contributed by atoms with Gasteiger partial charge in [-0.15, -0.1) is 0 Å². The Hall–Kier alpha value is -0.150. The summed E-state index contributed by atoms with van der Waals surface area (Å²) in [6.07, 6.45) is 12.3. The molecule has 0 radical (unpaired) electrons. The second kappa shape index (κ2) is 5.17. The molecule has 0 heterocycles. The van der Waals surface area contributed by atoms with Gasteiger partial charge in [0.15, 0.2) is 5.05 Å². The minimum absolute atomic E-state index is 0.154. The SMILES string of the molecule is C[C@]12CCCCC1CC[C@@H]1[C@@H]2CC[C@@]2(C)[C@H]1CC[C@]2(O)C(O)=S. The maximum atomic E-state index is 11.1. The molecular weight excluding hydrogens is 304 g/mol. The number of rotatable bonds is 1. The molecule has 0 spiro atoms. The third-order valence-corrected chi connectivity index (χ3v) is 9.43. The first-order valence-electron chi connectivity index (χ1n) is 9.79. The van der Waals surface area contributed by atoms with Gasteiger partial charge in [-0.1, -0.05) is 26.7 Å². The van der Waals surface area contributed by atoms with Crippen molar-refractivity contribution in [3.8, 4) is 0 Å². The van der Waals surface area contributed by atoms with Crippen LogP contribution in [0, 0.1) is 34.5 Å². The first-order chi connectivity index (χ1) is 10.8. The Kier molecular flexibility index (Phi) is 3.67. The molecule has 7 atom stereocenters. The average Bonchev–Trinajstić information content (AvgIpc) is 2.80. The van der Waals surface area contributed by atoms with Crippen LogP contribution in [0.2, 0.25) is 0 Å². The highest BCUT2D eigenvalue weighted by molar-refractivity contribution is 7.80. The van der Waals surface area contributed by atoms with Crippen LogP contribution in [0.3, 0.4) is 0 Å². The van der Waals surface area contributed by atoms with E-state index in [4.69, 9.17) is 12.2 Å². The fraction of sp³-hybridized carbons (Fsp3) is 0.950. The van der Waals surface area contributed by atoms with E-state index in [0.717, 1.165) is 30.6 Å². The molecule has 130 valence electrons. The molecule has 23 heavy (non-hydrogen) atoms. The molecule has 0 aliphatic heterocycles. The van der Waals surface area contributed by atoms with Gasteiger partial charge in [-0.05, 0) is 92.7 Å². The van der Waals surface area contributed by atoms with Crippen molar-refractivity contribution in [2.45, 2.75) is 83.7 Å². The van der Waals surface area contributed by atoms with Crippen LogP contribution in [0.15, 0.2) is 0 Å². The average molecular weight is 337 g/mol. The summed E-state index contributed by atoms with van der Waals surface area (Å²) in [6.45, 7) is 4.78. The van der Waals surface area contributed by atoms with Gasteiger partial charge >= 0.3 is 0 Å². The summed E-state index contributed by atoms with van der Waals surface area (Å²) in [6, 6.07) is 0. The molecule has 2 nitrogen and oxygen atoms in total. The molecule has 4 aliphatic rings. The maximum absolute atomic E-state index is 11.1. The molecule has 0 amide bonds. The molecule has 4 fully saturated rings. The van der Waals surface area contributed by atoms with E-state index in [1.165, 1.54) is 44.9 Å². The zero-order valence-electron chi connectivity index (χ0n) is 14.7. The van der Waals surface area contributed by atoms with Crippen LogP contribution in [0.5, 0.6) is 0 Å². The molecular formula is C20H32O2S. The normalized spacial score (nSPS) is 55.6. The second-order valence-corrected chi connectivity index (χ2v) is 9.95. The molecule has 0 aromatic heterocycles. The summed E-state index contributed by atoms with van der Waals surface area (Å²) in [4.78, 5) is 0. The van der Waals surface area contributed by atoms with Crippen LogP contribution < -0.4 is 0 Å². The van der Waals surface area contributed by atoms with Crippen LogP contribution in [0.1, 0.15) is 78.1 Å². The predicted octanol–water partition coefficient (Wildman–Crippen LogP) is 5.04. The molecule has 1 unspecified atom stereocenters. The molecule has 0 aromatic rings. The van der Waals surface area contributed by atoms with Crippen LogP contribution in [-0.2, 0) is 0 Å². The van der Waals surface area contributed by atoms with E-state index in [-0.39, 0.29) is 10.5 Å². The van der Waals surface area contributed by atoms with Crippen molar-refractivity contribution in [1.82, 2.24) is 0 Å². The Morgan fingerprint density at radius 3 is 2.39 bits per heavy atom. The molecule has 3 heteroatoms. The highest BCUT2D eigenvalue weighted by Gasteiger charge is 2.65. The van der Waals surface area contributed by atoms with Crippen LogP contribution >= 0.6 is 12.2 Å². The third-order valence-electron chi connectivity index (χ3n) is 9.09. The molecule has 4 rings (SSSR count). The minimum Gasteiger partial charge on any atom is -0.500 e. The van der Waals surface area contributed by atoms with Crippen molar-refractivity contribution >= 4 is 17.3 Å². The first kappa shape index (κ1) is 16.3. The topological polar surface area (TPSA) is 40.5 Å². The molecule has 4 aliphatic carbocycles. The molecule has 0 saturated heterocycles. The standard InChI is InChI=1S/C20H32O2S/c1-18-10-4-3-5-13(18)6-7-14-15(18)8-11-19(2)16(14)9-12-20(19,22)17(21)23/h13-16,22H,3-12H2,1-2H3,(H,21,23)/t13?,14-,15+,16+,18+,19+,20+/m1/s1. The summed E-state index contributed by atoms with van der Waals surface area (Å²) in [5, 5.41) is 21.0. The van der Waals surface area contributed by atoms with E-state index < -0.39 is 5.60 Å². The van der Waals surface area contributed by atoms with Gasteiger partial charge in [0.2, 0.25) is 0 Å². The van der Waals surface area contributed by atoms with Crippen LogP contribution in [-0.4, -0.2) is 20.9 Å². The van der Waals surface area contributed by atoms with Crippen molar-refractivity contribution in [1.29, 1.82) is 0 Å². The predicted molar refractivity (Wildman–Crippen MR) is 96.5 cm³/mol. The van der Waals surface area contributed by atoms with Gasteiger partial charge in [0, 0.05) is 5.41 Å². The molecule has 0 bridgehead atoms. The fourth-order valence-electron chi connectivity index (χ4n) is 7.66. The molecule has 2 N–H and O–H groups in total. The second-order valence-electron chi connectivity index (χ2n) is 9.56. The first-order valence-corrected chi connectivity index (χ1v) is 10.2. The van der Waals surface area contributed by atoms with E-state index >= 15 is 0 Å². The van der Waals surface area contributed by atoms with E-state index in [1.807, 2.05) is 0 Å². The lowest BCUT2D eigenvalue weighted by molar-refractivity contribution is -0.134. The van der Waals surface area contributed by atoms with Crippen molar-refractivity contribution in [3.63, 3.8) is 0 Å². The maximum Gasteiger partial charge on any atom is 0.189 e. The van der Waals surface area contributed by atoms with Gasteiger partial charge < -0.3 is 10.2 Å². The van der Waals surface area contributed by atoms with E-state index in [1.54, 1.807) is 0 Å². The number of fused-ring (bicyclic) bond motifs is 5. The largest absolute Gasteiger partial charge is 0.500 e. The quantitative estimate of drug-likeness (QED) is 0.659. The van der Waals surface area contributed by atoms with Crippen molar-refractivity contribution in [2.24, 2.45) is 34.5 Å². The van der Waals surface area contributed by atoms with E-state index in [2.05, 4.69) is 13.8 Å². The Bertz CT molecular complexity index is 520. The van der Waals surface area contributed by atoms with Gasteiger partial charge in [0.05, 0.1) is 0 Å². The lowest BCUT2D eigenvalue weighted by atomic mass is 9.44. The highest BCUT2D eigenvalue weighted by atomic mass is 32.1. The number of hydrogen-bond acceptors (Lipinski definition) is 2. The van der Waals surface area contributed by atoms with Crippen molar-refractivity contribution in [3.05, 3.63) is 0 Å². The van der Waals surface area contributed by atoms with E-state index in [0.29, 0.717) is 17.8 Å². The number of aliphatic hydroxyl groups is 2. The third kappa shape index (κ3) is 1.99. The summed E-state index contributed by atoms with van der Waals surface area (Å²) in [7, 11) is 0. The van der Waals surface area contributed by atoms with E-state index in [9.17, 15) is 10.2 Å². The smallest absolute Gasteiger partial charge is 0.189 e. The minimum atomic E-state index is -1.12. The summed E-state index contributed by atoms with van der Waals surface area (Å²) < 4.78 is 0.